The fourth-order valence-electron chi connectivity index (χ4n) is 5.53. The minimum absolute atomic E-state index is 0.0222. The van der Waals surface area contributed by atoms with Gasteiger partial charge in [-0.15, -0.1) is 0 Å². The SMILES string of the molecule is COc1ccc(-c2ccnc(C(F)(F)F)c2)c(N2CCC(COc3cccc(C(CC(=O)O)C4CC4)c3)CC2)c1. The number of halogens is 3. The lowest BCUT2D eigenvalue weighted by Crippen LogP contribution is -2.35. The van der Waals surface area contributed by atoms with Crippen molar-refractivity contribution in [3.05, 3.63) is 72.1 Å². The molecule has 1 aliphatic carbocycles. The van der Waals surface area contributed by atoms with Gasteiger partial charge in [0.15, 0.2) is 0 Å². The third-order valence-electron chi connectivity index (χ3n) is 7.88. The molecule has 1 N–H and O–H groups in total. The van der Waals surface area contributed by atoms with Crippen LogP contribution in [0.2, 0.25) is 0 Å². The van der Waals surface area contributed by atoms with E-state index in [-0.39, 0.29) is 12.3 Å². The standard InChI is InChI=1S/C31H33F3N2O4/c1-39-24-7-8-26(23-9-12-35-29(16-23)31(32,33)34)28(17-24)36-13-10-20(11-14-36)19-40-25-4-2-3-22(15-25)27(18-30(37)38)21-5-6-21/h2-4,7-9,12,15-17,20-21,27H,5-6,10-11,13-14,18-19H2,1H3,(H,37,38). The molecule has 0 amide bonds. The number of ether oxygens (including phenoxy) is 2. The fraction of sp³-hybridized carbons (Fsp3) is 0.419. The molecule has 2 heterocycles. The zero-order chi connectivity index (χ0) is 28.3. The fourth-order valence-corrected chi connectivity index (χ4v) is 5.53. The van der Waals surface area contributed by atoms with Gasteiger partial charge in [-0.05, 0) is 91.0 Å². The maximum atomic E-state index is 13.3. The van der Waals surface area contributed by atoms with Crippen molar-refractivity contribution < 1.29 is 32.5 Å². The number of pyridine rings is 1. The summed E-state index contributed by atoms with van der Waals surface area (Å²) in [5.74, 6) is 1.40. The Morgan fingerprint density at radius 1 is 1.05 bits per heavy atom. The number of methoxy groups -OCH3 is 1. The van der Waals surface area contributed by atoms with Crippen molar-refractivity contribution in [2.45, 2.75) is 44.2 Å². The number of carboxylic acids is 1. The van der Waals surface area contributed by atoms with Crippen LogP contribution in [-0.4, -0.2) is 42.9 Å². The van der Waals surface area contributed by atoms with Crippen LogP contribution in [0.1, 0.15) is 49.3 Å². The van der Waals surface area contributed by atoms with Gasteiger partial charge < -0.3 is 19.5 Å². The molecule has 1 atom stereocenters. The van der Waals surface area contributed by atoms with Crippen LogP contribution in [0.4, 0.5) is 18.9 Å². The predicted molar refractivity (Wildman–Crippen MR) is 146 cm³/mol. The topological polar surface area (TPSA) is 71.9 Å². The van der Waals surface area contributed by atoms with Gasteiger partial charge in [-0.1, -0.05) is 12.1 Å². The zero-order valence-corrected chi connectivity index (χ0v) is 22.4. The Morgan fingerprint density at radius 3 is 2.50 bits per heavy atom. The number of piperidine rings is 1. The van der Waals surface area contributed by atoms with E-state index in [4.69, 9.17) is 9.47 Å². The lowest BCUT2D eigenvalue weighted by Gasteiger charge is -2.35. The first-order valence-corrected chi connectivity index (χ1v) is 13.6. The number of carbonyl (C=O) groups is 1. The molecule has 212 valence electrons. The van der Waals surface area contributed by atoms with E-state index in [2.05, 4.69) is 9.88 Å². The van der Waals surface area contributed by atoms with Crippen LogP contribution in [0, 0.1) is 11.8 Å². The first-order chi connectivity index (χ1) is 19.2. The minimum Gasteiger partial charge on any atom is -0.497 e. The van der Waals surface area contributed by atoms with Gasteiger partial charge in [0.1, 0.15) is 17.2 Å². The Balaban J connectivity index is 1.24. The molecule has 9 heteroatoms. The van der Waals surface area contributed by atoms with Gasteiger partial charge in [0.2, 0.25) is 0 Å². The Labute approximate surface area is 231 Å². The smallest absolute Gasteiger partial charge is 0.433 e. The Bertz CT molecular complexity index is 1330. The summed E-state index contributed by atoms with van der Waals surface area (Å²) in [6, 6.07) is 15.9. The van der Waals surface area contributed by atoms with Gasteiger partial charge in [0.25, 0.3) is 0 Å². The highest BCUT2D eigenvalue weighted by Crippen LogP contribution is 2.45. The third kappa shape index (κ3) is 6.69. The summed E-state index contributed by atoms with van der Waals surface area (Å²) in [4.78, 5) is 17.1. The van der Waals surface area contributed by atoms with Gasteiger partial charge in [-0.3, -0.25) is 9.78 Å². The normalized spacial score (nSPS) is 16.9. The minimum atomic E-state index is -4.52. The van der Waals surface area contributed by atoms with Gasteiger partial charge in [-0.25, -0.2) is 0 Å². The number of alkyl halides is 3. The Morgan fingerprint density at radius 2 is 1.82 bits per heavy atom. The van der Waals surface area contributed by atoms with E-state index in [1.807, 2.05) is 30.3 Å². The van der Waals surface area contributed by atoms with Crippen LogP contribution in [-0.2, 0) is 11.0 Å². The first-order valence-electron chi connectivity index (χ1n) is 13.6. The summed E-state index contributed by atoms with van der Waals surface area (Å²) < 4.78 is 51.5. The summed E-state index contributed by atoms with van der Waals surface area (Å²) in [5, 5.41) is 9.33. The van der Waals surface area contributed by atoms with Gasteiger partial charge in [0.05, 0.1) is 20.1 Å². The van der Waals surface area contributed by atoms with Crippen molar-refractivity contribution in [1.29, 1.82) is 0 Å². The molecule has 0 radical (unpaired) electrons. The highest BCUT2D eigenvalue weighted by Gasteiger charge is 2.34. The van der Waals surface area contributed by atoms with E-state index < -0.39 is 17.8 Å². The van der Waals surface area contributed by atoms with E-state index in [1.165, 1.54) is 6.20 Å². The molecule has 0 bridgehead atoms. The third-order valence-corrected chi connectivity index (χ3v) is 7.88. The molecule has 5 rings (SSSR count). The van der Waals surface area contributed by atoms with Crippen molar-refractivity contribution in [3.63, 3.8) is 0 Å². The van der Waals surface area contributed by atoms with Crippen molar-refractivity contribution in [2.75, 3.05) is 31.7 Å². The quantitative estimate of drug-likeness (QED) is 0.290. The average molecular weight is 555 g/mol. The maximum Gasteiger partial charge on any atom is 0.433 e. The molecular formula is C31H33F3N2O4. The van der Waals surface area contributed by atoms with Crippen LogP contribution in [0.3, 0.4) is 0 Å². The van der Waals surface area contributed by atoms with E-state index in [0.29, 0.717) is 35.3 Å². The maximum absolute atomic E-state index is 13.3. The van der Waals surface area contributed by atoms with E-state index >= 15 is 0 Å². The molecule has 2 fully saturated rings. The summed E-state index contributed by atoms with van der Waals surface area (Å²) in [5.41, 5.74) is 2.09. The number of nitrogens with zero attached hydrogens (tertiary/aromatic N) is 2. The number of aliphatic carboxylic acids is 1. The van der Waals surface area contributed by atoms with Crippen LogP contribution >= 0.6 is 0 Å². The van der Waals surface area contributed by atoms with Crippen LogP contribution in [0.15, 0.2) is 60.8 Å². The molecular weight excluding hydrogens is 521 g/mol. The zero-order valence-electron chi connectivity index (χ0n) is 22.4. The molecule has 1 aliphatic heterocycles. The highest BCUT2D eigenvalue weighted by molar-refractivity contribution is 5.80. The van der Waals surface area contributed by atoms with Crippen LogP contribution in [0.25, 0.3) is 11.1 Å². The number of hydrogen-bond acceptors (Lipinski definition) is 5. The number of carboxylic acid groups (broad SMARTS) is 1. The molecule has 3 aromatic rings. The second-order valence-corrected chi connectivity index (χ2v) is 10.7. The second kappa shape index (κ2) is 11.8. The summed E-state index contributed by atoms with van der Waals surface area (Å²) in [6.45, 7) is 2.01. The molecule has 2 aliphatic rings. The molecule has 40 heavy (non-hydrogen) atoms. The van der Waals surface area contributed by atoms with Gasteiger partial charge in [-0.2, -0.15) is 13.2 Å². The molecule has 0 spiro atoms. The number of anilines is 1. The molecule has 1 saturated carbocycles. The molecule has 1 saturated heterocycles. The Kier molecular flexibility index (Phi) is 8.19. The Hall–Kier alpha value is -3.75. The van der Waals surface area contributed by atoms with E-state index in [9.17, 15) is 23.1 Å². The predicted octanol–water partition coefficient (Wildman–Crippen LogP) is 7.04. The largest absolute Gasteiger partial charge is 0.497 e. The molecule has 1 unspecified atom stereocenters. The summed E-state index contributed by atoms with van der Waals surface area (Å²) in [7, 11) is 1.57. The lowest BCUT2D eigenvalue weighted by atomic mass is 9.91. The molecule has 1 aromatic heterocycles. The van der Waals surface area contributed by atoms with E-state index in [1.54, 1.807) is 25.3 Å². The van der Waals surface area contributed by atoms with Gasteiger partial charge >= 0.3 is 12.1 Å². The molecule has 6 nitrogen and oxygen atoms in total. The van der Waals surface area contributed by atoms with Crippen molar-refractivity contribution >= 4 is 11.7 Å². The van der Waals surface area contributed by atoms with Crippen molar-refractivity contribution in [1.82, 2.24) is 4.98 Å². The van der Waals surface area contributed by atoms with Crippen LogP contribution < -0.4 is 14.4 Å². The molecule has 2 aromatic carbocycles. The van der Waals surface area contributed by atoms with Crippen LogP contribution in [0.5, 0.6) is 11.5 Å². The first kappa shape index (κ1) is 27.8. The number of aromatic nitrogens is 1. The van der Waals surface area contributed by atoms with Crippen molar-refractivity contribution in [2.24, 2.45) is 11.8 Å². The number of rotatable bonds is 10. The van der Waals surface area contributed by atoms with Crippen molar-refractivity contribution in [3.8, 4) is 22.6 Å². The monoisotopic (exact) mass is 554 g/mol. The summed E-state index contributed by atoms with van der Waals surface area (Å²) in [6.07, 6.45) is 0.682. The average Bonchev–Trinajstić information content (AvgIpc) is 3.80. The summed E-state index contributed by atoms with van der Waals surface area (Å²) >= 11 is 0. The number of hydrogen-bond donors (Lipinski definition) is 1. The number of benzene rings is 2. The van der Waals surface area contributed by atoms with Gasteiger partial charge in [0, 0.05) is 36.6 Å². The second-order valence-electron chi connectivity index (χ2n) is 10.7. The highest BCUT2D eigenvalue weighted by atomic mass is 19.4. The lowest BCUT2D eigenvalue weighted by molar-refractivity contribution is -0.141. The van der Waals surface area contributed by atoms with E-state index in [0.717, 1.165) is 61.8 Å².